The van der Waals surface area contributed by atoms with E-state index in [-0.39, 0.29) is 88.6 Å². The fourth-order valence-electron chi connectivity index (χ4n) is 5.70. The Balaban J connectivity index is 0.00000104. The van der Waals surface area contributed by atoms with Gasteiger partial charge in [-0.3, -0.25) is 0 Å². The summed E-state index contributed by atoms with van der Waals surface area (Å²) in [5.74, 6) is 3.00. The van der Waals surface area contributed by atoms with Crippen LogP contribution >= 0.6 is 0 Å². The molecule has 4 aromatic heterocycles. The molecular formula is C34H22Cl4N8Zn2. The maximum atomic E-state index is 4.99. The third kappa shape index (κ3) is 6.66. The Hall–Kier alpha value is -3.61. The van der Waals surface area contributed by atoms with Crippen LogP contribution in [0, 0.1) is 0 Å². The maximum Gasteiger partial charge on any atom is 2.00 e. The van der Waals surface area contributed by atoms with Gasteiger partial charge in [-0.25, -0.2) is 19.9 Å². The van der Waals surface area contributed by atoms with Crippen LogP contribution < -0.4 is 49.6 Å². The number of para-hydroxylation sites is 8. The summed E-state index contributed by atoms with van der Waals surface area (Å²) in [6.45, 7) is 0. The Morgan fingerprint density at radius 1 is 0.312 bits per heavy atom. The molecule has 0 amide bonds. The molecule has 14 heteroatoms. The van der Waals surface area contributed by atoms with E-state index in [1.54, 1.807) is 0 Å². The molecule has 5 aromatic carbocycles. The van der Waals surface area contributed by atoms with Crippen LogP contribution in [0.15, 0.2) is 109 Å². The summed E-state index contributed by atoms with van der Waals surface area (Å²) >= 11 is 0. The van der Waals surface area contributed by atoms with Crippen LogP contribution in [0.4, 0.5) is 0 Å². The number of hydrogen-bond acceptors (Lipinski definition) is 4. The fraction of sp³-hybridized carbons (Fsp3) is 0. The van der Waals surface area contributed by atoms with Crippen molar-refractivity contribution in [3.05, 3.63) is 109 Å². The number of aromatic nitrogens is 8. The van der Waals surface area contributed by atoms with E-state index >= 15 is 0 Å². The molecule has 0 unspecified atom stereocenters. The minimum Gasteiger partial charge on any atom is -1.00 e. The number of nitrogens with one attached hydrogen (secondary N) is 4. The molecule has 0 spiro atoms. The third-order valence-corrected chi connectivity index (χ3v) is 7.74. The smallest absolute Gasteiger partial charge is 1.00 e. The number of nitrogens with zero attached hydrogens (tertiary/aromatic N) is 4. The molecule has 0 aliphatic carbocycles. The van der Waals surface area contributed by atoms with E-state index in [2.05, 4.69) is 32.1 Å². The third-order valence-electron chi connectivity index (χ3n) is 7.74. The molecule has 0 aliphatic heterocycles. The van der Waals surface area contributed by atoms with Gasteiger partial charge in [0.25, 0.3) is 0 Å². The van der Waals surface area contributed by atoms with Crippen molar-refractivity contribution in [2.75, 3.05) is 0 Å². The SMILES string of the molecule is [Cl-].[Cl-].[Cl-].[Cl-].[Zn+2].[Zn+2].c1ccc2[nH]c(-c3cc(-c4nc5ccccc5[nH]4)c(-c4nc5ccccc5[nH]4)cc3-c3nc4ccccc4[nH]3)nc2c1. The summed E-state index contributed by atoms with van der Waals surface area (Å²) in [7, 11) is 0. The van der Waals surface area contributed by atoms with Crippen molar-refractivity contribution in [2.24, 2.45) is 0 Å². The van der Waals surface area contributed by atoms with Crippen LogP contribution in [-0.2, 0) is 39.0 Å². The molecule has 48 heavy (non-hydrogen) atoms. The van der Waals surface area contributed by atoms with Gasteiger partial charge >= 0.3 is 39.0 Å². The van der Waals surface area contributed by atoms with Crippen molar-refractivity contribution in [3.63, 3.8) is 0 Å². The average molecular weight is 815 g/mol. The van der Waals surface area contributed by atoms with Gasteiger partial charge in [0.1, 0.15) is 23.3 Å². The molecule has 0 fully saturated rings. The molecule has 4 N–H and O–H groups in total. The topological polar surface area (TPSA) is 115 Å². The van der Waals surface area contributed by atoms with Crippen molar-refractivity contribution in [1.29, 1.82) is 0 Å². The number of halogens is 4. The zero-order chi connectivity index (χ0) is 27.6. The van der Waals surface area contributed by atoms with E-state index in [1.165, 1.54) is 0 Å². The molecule has 9 aromatic rings. The monoisotopic (exact) mass is 810 g/mol. The van der Waals surface area contributed by atoms with Crippen molar-refractivity contribution < 1.29 is 88.6 Å². The van der Waals surface area contributed by atoms with Crippen LogP contribution in [0.2, 0.25) is 0 Å². The van der Waals surface area contributed by atoms with Gasteiger partial charge in [0, 0.05) is 22.3 Å². The number of aromatic amines is 4. The van der Waals surface area contributed by atoms with Crippen LogP contribution in [0.25, 0.3) is 89.7 Å². The number of H-pyrrole nitrogens is 4. The zero-order valence-electron chi connectivity index (χ0n) is 25.1. The minimum atomic E-state index is 0. The second kappa shape index (κ2) is 15.7. The van der Waals surface area contributed by atoms with Crippen molar-refractivity contribution in [3.8, 4) is 45.6 Å². The molecule has 4 heterocycles. The van der Waals surface area contributed by atoms with Gasteiger partial charge in [-0.15, -0.1) is 0 Å². The second-order valence-electron chi connectivity index (χ2n) is 10.4. The molecule has 0 radical (unpaired) electrons. The fourth-order valence-corrected chi connectivity index (χ4v) is 5.70. The van der Waals surface area contributed by atoms with Gasteiger partial charge in [-0.2, -0.15) is 0 Å². The predicted octanol–water partition coefficient (Wildman–Crippen LogP) is -4.13. The summed E-state index contributed by atoms with van der Waals surface area (Å²) in [6.07, 6.45) is 0. The Labute approximate surface area is 324 Å². The first-order chi connectivity index (χ1) is 20.8. The van der Waals surface area contributed by atoms with E-state index < -0.39 is 0 Å². The molecule has 0 saturated carbocycles. The predicted molar refractivity (Wildman–Crippen MR) is 167 cm³/mol. The summed E-state index contributed by atoms with van der Waals surface area (Å²) in [6, 6.07) is 36.5. The summed E-state index contributed by atoms with van der Waals surface area (Å²) in [5, 5.41) is 0. The molecular weight excluding hydrogens is 793 g/mol. The largest absolute Gasteiger partial charge is 2.00 e. The second-order valence-corrected chi connectivity index (χ2v) is 10.4. The molecule has 0 atom stereocenters. The van der Waals surface area contributed by atoms with Crippen LogP contribution in [-0.4, -0.2) is 39.9 Å². The molecule has 230 valence electrons. The van der Waals surface area contributed by atoms with Crippen LogP contribution in [0.3, 0.4) is 0 Å². The van der Waals surface area contributed by atoms with Gasteiger partial charge in [-0.1, -0.05) is 48.5 Å². The number of benzene rings is 5. The van der Waals surface area contributed by atoms with E-state index in [9.17, 15) is 0 Å². The summed E-state index contributed by atoms with van der Waals surface area (Å²) in [5.41, 5.74) is 11.1. The zero-order valence-corrected chi connectivity index (χ0v) is 34.1. The Bertz CT molecular complexity index is 2000. The minimum absolute atomic E-state index is 0. The van der Waals surface area contributed by atoms with Gasteiger partial charge in [0.05, 0.1) is 44.1 Å². The number of fused-ring (bicyclic) bond motifs is 4. The molecule has 0 saturated heterocycles. The van der Waals surface area contributed by atoms with Crippen LogP contribution in [0.1, 0.15) is 0 Å². The van der Waals surface area contributed by atoms with Crippen molar-refractivity contribution >= 4 is 44.1 Å². The summed E-state index contributed by atoms with van der Waals surface area (Å²) < 4.78 is 0. The first kappa shape index (κ1) is 38.8. The van der Waals surface area contributed by atoms with Gasteiger partial charge in [0.2, 0.25) is 0 Å². The van der Waals surface area contributed by atoms with Gasteiger partial charge in [-0.05, 0) is 60.7 Å². The molecule has 0 bridgehead atoms. The quantitative estimate of drug-likeness (QED) is 0.135. The normalized spacial score (nSPS) is 10.3. The standard InChI is InChI=1S/C34H22N8.4ClH.2Zn/c1-2-10-24-23(9-1)35-31(36-24)19-17-21(33-39-27-13-5-6-14-28(27)40-33)22(34-41-29-15-7-8-16-30(29)42-34)18-20(19)32-37-25-11-3-4-12-26(25)38-32;;;;;;/h1-18H,(H,35,36)(H,37,38)(H,39,40)(H,41,42);4*1H;;/q;;;;;2*+2/p-4. The maximum absolute atomic E-state index is 4.99. The molecule has 0 aliphatic rings. The van der Waals surface area contributed by atoms with Gasteiger partial charge < -0.3 is 69.6 Å². The molecule has 8 nitrogen and oxygen atoms in total. The first-order valence-electron chi connectivity index (χ1n) is 13.8. The first-order valence-corrected chi connectivity index (χ1v) is 13.8. The Kier molecular flexibility index (Phi) is 12.7. The van der Waals surface area contributed by atoms with E-state index in [1.807, 2.05) is 97.1 Å². The number of hydrogen-bond donors (Lipinski definition) is 4. The number of imidazole rings is 4. The van der Waals surface area contributed by atoms with Crippen LogP contribution in [0.5, 0.6) is 0 Å². The van der Waals surface area contributed by atoms with E-state index in [0.717, 1.165) is 89.7 Å². The van der Waals surface area contributed by atoms with Gasteiger partial charge in [0.15, 0.2) is 0 Å². The molecule has 9 rings (SSSR count). The van der Waals surface area contributed by atoms with E-state index in [0.29, 0.717) is 0 Å². The van der Waals surface area contributed by atoms with Crippen molar-refractivity contribution in [1.82, 2.24) is 39.9 Å². The summed E-state index contributed by atoms with van der Waals surface area (Å²) in [4.78, 5) is 34.1. The Morgan fingerprint density at radius 3 is 0.729 bits per heavy atom. The Morgan fingerprint density at radius 2 is 0.521 bits per heavy atom. The van der Waals surface area contributed by atoms with E-state index in [4.69, 9.17) is 19.9 Å². The number of rotatable bonds is 4. The average Bonchev–Trinajstić information content (AvgIpc) is 3.83. The van der Waals surface area contributed by atoms with Crippen molar-refractivity contribution in [2.45, 2.75) is 0 Å².